The molecule has 2 fully saturated rings. The summed E-state index contributed by atoms with van der Waals surface area (Å²) in [4.78, 5) is 14.0. The third kappa shape index (κ3) is 3.35. The van der Waals surface area contributed by atoms with E-state index in [1.807, 2.05) is 10.7 Å². The smallest absolute Gasteiger partial charge is 0.280 e. The first-order valence-electron chi connectivity index (χ1n) is 9.51. The number of carbonyl (C=O) groups excluding carboxylic acids is 1. The van der Waals surface area contributed by atoms with E-state index >= 15 is 0 Å². The number of hydrogen-bond acceptors (Lipinski definition) is 2. The van der Waals surface area contributed by atoms with Gasteiger partial charge in [-0.3, -0.25) is 4.79 Å². The summed E-state index contributed by atoms with van der Waals surface area (Å²) in [5, 5.41) is 7.55. The number of hydrogen-bond donors (Lipinski definition) is 2. The Morgan fingerprint density at radius 1 is 1.28 bits per heavy atom. The maximum atomic E-state index is 12.7. The molecule has 6 nitrogen and oxygen atoms in total. The van der Waals surface area contributed by atoms with Crippen LogP contribution < -0.4 is 10.2 Å². The van der Waals surface area contributed by atoms with Crippen LogP contribution in [0, 0.1) is 0 Å². The minimum absolute atomic E-state index is 0.0934. The van der Waals surface area contributed by atoms with Crippen molar-refractivity contribution in [2.24, 2.45) is 7.05 Å². The standard InChI is InChI=1S/C19H27N5O/c1-22-12-4-8-16(22)17-9-5-13-23(17)14-19(25)21-18-10-11-20-24(18)15-6-2-3-7-15/h4,8,10-12,15,17H,2-3,5-7,9,13-14H2,1H3,(H,21,25)/p+1/t17-/m1/s1. The van der Waals surface area contributed by atoms with Crippen molar-refractivity contribution in [2.45, 2.75) is 50.6 Å². The summed E-state index contributed by atoms with van der Waals surface area (Å²) in [7, 11) is 2.09. The number of quaternary nitrogens is 1. The first-order valence-corrected chi connectivity index (χ1v) is 9.51. The van der Waals surface area contributed by atoms with Gasteiger partial charge in [0.15, 0.2) is 6.54 Å². The molecule has 0 spiro atoms. The van der Waals surface area contributed by atoms with Crippen LogP contribution in [-0.2, 0) is 11.8 Å². The van der Waals surface area contributed by atoms with Crippen LogP contribution in [0.2, 0.25) is 0 Å². The predicted octanol–water partition coefficient (Wildman–Crippen LogP) is 1.70. The van der Waals surface area contributed by atoms with E-state index in [0.717, 1.165) is 31.6 Å². The Kier molecular flexibility index (Phi) is 4.61. The number of aryl methyl sites for hydroxylation is 1. The highest BCUT2D eigenvalue weighted by Crippen LogP contribution is 2.31. The zero-order valence-corrected chi connectivity index (χ0v) is 14.9. The van der Waals surface area contributed by atoms with Crippen molar-refractivity contribution in [1.82, 2.24) is 14.3 Å². The molecule has 0 aromatic carbocycles. The van der Waals surface area contributed by atoms with Gasteiger partial charge in [-0.1, -0.05) is 12.8 Å². The number of rotatable bonds is 5. The molecule has 2 aliphatic rings. The number of carbonyl (C=O) groups is 1. The van der Waals surface area contributed by atoms with E-state index in [1.54, 1.807) is 6.20 Å². The highest BCUT2D eigenvalue weighted by atomic mass is 16.2. The molecule has 0 radical (unpaired) electrons. The summed E-state index contributed by atoms with van der Waals surface area (Å²) in [5.41, 5.74) is 1.33. The largest absolute Gasteiger partial charge is 0.350 e. The minimum Gasteiger partial charge on any atom is -0.350 e. The van der Waals surface area contributed by atoms with E-state index in [0.29, 0.717) is 18.6 Å². The van der Waals surface area contributed by atoms with Gasteiger partial charge in [0.05, 0.1) is 24.5 Å². The lowest BCUT2D eigenvalue weighted by Gasteiger charge is -2.22. The number of likely N-dealkylation sites (tertiary alicyclic amines) is 1. The van der Waals surface area contributed by atoms with Crippen molar-refractivity contribution >= 4 is 11.7 Å². The second-order valence-electron chi connectivity index (χ2n) is 7.47. The Hall–Kier alpha value is -2.08. The van der Waals surface area contributed by atoms with Gasteiger partial charge in [0.2, 0.25) is 0 Å². The Balaban J connectivity index is 1.41. The van der Waals surface area contributed by atoms with Gasteiger partial charge in [0.1, 0.15) is 11.9 Å². The number of anilines is 1. The van der Waals surface area contributed by atoms with Gasteiger partial charge >= 0.3 is 0 Å². The summed E-state index contributed by atoms with van der Waals surface area (Å²) in [6.45, 7) is 1.58. The van der Waals surface area contributed by atoms with E-state index in [2.05, 4.69) is 40.4 Å². The molecule has 2 N–H and O–H groups in total. The number of amides is 1. The lowest BCUT2D eigenvalue weighted by atomic mass is 10.1. The highest BCUT2D eigenvalue weighted by Gasteiger charge is 2.33. The number of aromatic nitrogens is 3. The average molecular weight is 342 g/mol. The van der Waals surface area contributed by atoms with Gasteiger partial charge in [-0.15, -0.1) is 0 Å². The zero-order valence-electron chi connectivity index (χ0n) is 14.9. The topological polar surface area (TPSA) is 56.3 Å². The summed E-state index contributed by atoms with van der Waals surface area (Å²) in [5.74, 6) is 0.946. The molecular formula is C19H28N5O+. The molecule has 1 aliphatic heterocycles. The van der Waals surface area contributed by atoms with Gasteiger partial charge < -0.3 is 14.8 Å². The van der Waals surface area contributed by atoms with Crippen molar-refractivity contribution in [3.05, 3.63) is 36.3 Å². The summed E-state index contributed by atoms with van der Waals surface area (Å²) in [6, 6.07) is 7.06. The van der Waals surface area contributed by atoms with Crippen LogP contribution in [0.4, 0.5) is 5.82 Å². The average Bonchev–Trinajstić information content (AvgIpc) is 3.33. The lowest BCUT2D eigenvalue weighted by molar-refractivity contribution is -0.910. The van der Waals surface area contributed by atoms with Gasteiger partial charge in [-0.25, -0.2) is 4.68 Å². The maximum Gasteiger partial charge on any atom is 0.280 e. The molecule has 3 heterocycles. The van der Waals surface area contributed by atoms with E-state index in [9.17, 15) is 4.79 Å². The second kappa shape index (κ2) is 7.04. The van der Waals surface area contributed by atoms with Crippen LogP contribution >= 0.6 is 0 Å². The van der Waals surface area contributed by atoms with Crippen molar-refractivity contribution < 1.29 is 9.69 Å². The van der Waals surface area contributed by atoms with E-state index < -0.39 is 0 Å². The molecule has 1 saturated heterocycles. The second-order valence-corrected chi connectivity index (χ2v) is 7.47. The summed E-state index contributed by atoms with van der Waals surface area (Å²) >= 11 is 0. The molecule has 1 amide bonds. The van der Waals surface area contributed by atoms with Crippen molar-refractivity contribution in [1.29, 1.82) is 0 Å². The van der Waals surface area contributed by atoms with Gasteiger partial charge in [0.25, 0.3) is 5.91 Å². The summed E-state index contributed by atoms with van der Waals surface area (Å²) < 4.78 is 4.20. The monoisotopic (exact) mass is 342 g/mol. The molecule has 0 bridgehead atoms. The molecule has 2 atom stereocenters. The molecule has 2 aromatic rings. The Labute approximate surface area is 148 Å². The minimum atomic E-state index is 0.0934. The van der Waals surface area contributed by atoms with Crippen LogP contribution in [0.25, 0.3) is 0 Å². The van der Waals surface area contributed by atoms with Crippen molar-refractivity contribution in [3.63, 3.8) is 0 Å². The van der Waals surface area contributed by atoms with E-state index in [-0.39, 0.29) is 5.91 Å². The molecule has 6 heteroatoms. The number of nitrogens with zero attached hydrogens (tertiary/aromatic N) is 3. The van der Waals surface area contributed by atoms with E-state index in [1.165, 1.54) is 29.9 Å². The Morgan fingerprint density at radius 3 is 2.88 bits per heavy atom. The molecule has 25 heavy (non-hydrogen) atoms. The lowest BCUT2D eigenvalue weighted by Crippen LogP contribution is -3.11. The quantitative estimate of drug-likeness (QED) is 0.869. The molecule has 1 unspecified atom stereocenters. The first kappa shape index (κ1) is 16.4. The normalized spacial score (nSPS) is 24.0. The fraction of sp³-hybridized carbons (Fsp3) is 0.579. The first-order chi connectivity index (χ1) is 12.2. The molecule has 4 rings (SSSR count). The van der Waals surface area contributed by atoms with Crippen molar-refractivity contribution in [3.8, 4) is 0 Å². The third-order valence-electron chi connectivity index (χ3n) is 5.82. The predicted molar refractivity (Wildman–Crippen MR) is 96.4 cm³/mol. The Morgan fingerprint density at radius 2 is 2.12 bits per heavy atom. The zero-order chi connectivity index (χ0) is 17.2. The van der Waals surface area contributed by atoms with Crippen LogP contribution in [0.15, 0.2) is 30.6 Å². The Bertz CT molecular complexity index is 728. The van der Waals surface area contributed by atoms with Crippen LogP contribution in [-0.4, -0.2) is 33.3 Å². The van der Waals surface area contributed by atoms with Crippen LogP contribution in [0.1, 0.15) is 56.3 Å². The van der Waals surface area contributed by atoms with Gasteiger partial charge in [0, 0.05) is 32.2 Å². The van der Waals surface area contributed by atoms with Crippen LogP contribution in [0.3, 0.4) is 0 Å². The SMILES string of the molecule is Cn1cccc1[C@H]1CCC[NH+]1CC(=O)Nc1ccnn1C1CCCC1. The number of nitrogens with one attached hydrogen (secondary N) is 2. The van der Waals surface area contributed by atoms with Crippen molar-refractivity contribution in [2.75, 3.05) is 18.4 Å². The molecular weight excluding hydrogens is 314 g/mol. The maximum absolute atomic E-state index is 12.7. The van der Waals surface area contributed by atoms with Gasteiger partial charge in [-0.2, -0.15) is 5.10 Å². The third-order valence-corrected chi connectivity index (χ3v) is 5.82. The van der Waals surface area contributed by atoms with E-state index in [4.69, 9.17) is 0 Å². The molecule has 134 valence electrons. The molecule has 1 saturated carbocycles. The van der Waals surface area contributed by atoms with Crippen LogP contribution in [0.5, 0.6) is 0 Å². The fourth-order valence-electron chi connectivity index (χ4n) is 4.56. The fourth-order valence-corrected chi connectivity index (χ4v) is 4.56. The molecule has 1 aliphatic carbocycles. The summed E-state index contributed by atoms with van der Waals surface area (Å²) in [6.07, 6.45) is 11.1. The molecule has 2 aromatic heterocycles. The highest BCUT2D eigenvalue weighted by molar-refractivity contribution is 5.90. The van der Waals surface area contributed by atoms with Gasteiger partial charge in [-0.05, 0) is 25.0 Å².